The van der Waals surface area contributed by atoms with Crippen LogP contribution in [0.3, 0.4) is 0 Å². The maximum atomic E-state index is 10.3. The van der Waals surface area contributed by atoms with Crippen LogP contribution in [-0.4, -0.2) is 40.5 Å². The molecule has 0 amide bonds. The lowest BCUT2D eigenvalue weighted by Crippen LogP contribution is -2.29. The second-order valence-electron chi connectivity index (χ2n) is 3.08. The van der Waals surface area contributed by atoms with Gasteiger partial charge in [-0.05, 0) is 0 Å². The third-order valence-corrected chi connectivity index (χ3v) is 2.07. The van der Waals surface area contributed by atoms with Crippen LogP contribution in [0.5, 0.6) is 0 Å². The fourth-order valence-electron chi connectivity index (χ4n) is 1.01. The number of nitrogens with zero attached hydrogens (tertiary/aromatic N) is 3. The van der Waals surface area contributed by atoms with Gasteiger partial charge in [0.05, 0.1) is 0 Å². The van der Waals surface area contributed by atoms with E-state index in [9.17, 15) is 4.79 Å². The summed E-state index contributed by atoms with van der Waals surface area (Å²) in [6.45, 7) is -0.321. The van der Waals surface area contributed by atoms with Crippen LogP contribution in [0.25, 0.3) is 0 Å². The van der Waals surface area contributed by atoms with Gasteiger partial charge in [0.15, 0.2) is 16.8 Å². The first-order valence-corrected chi connectivity index (χ1v) is 5.09. The predicted octanol–water partition coefficient (Wildman–Crippen LogP) is -0.952. The number of aliphatic carboxylic acids is 1. The van der Waals surface area contributed by atoms with Gasteiger partial charge in [0.2, 0.25) is 0 Å². The number of rotatable bonds is 5. The van der Waals surface area contributed by atoms with E-state index < -0.39 is 5.97 Å². The van der Waals surface area contributed by atoms with E-state index in [4.69, 9.17) is 28.2 Å². The summed E-state index contributed by atoms with van der Waals surface area (Å²) >= 11 is 5.83. The van der Waals surface area contributed by atoms with E-state index in [2.05, 4.69) is 25.8 Å². The normalized spacial score (nSPS) is 11.3. The summed E-state index contributed by atoms with van der Waals surface area (Å²) in [5.74, 6) is -0.810. The van der Waals surface area contributed by atoms with Crippen LogP contribution in [0.2, 0.25) is 5.15 Å². The number of nitrogens with two attached hydrogens (primary N) is 2. The maximum Gasteiger partial charge on any atom is 0.319 e. The number of halogens is 1. The maximum absolute atomic E-state index is 10.3. The molecule has 0 saturated carbocycles. The number of hydrogen-bond donors (Lipinski definition) is 5. The molecule has 0 aliphatic rings. The smallest absolute Gasteiger partial charge is 0.319 e. The van der Waals surface area contributed by atoms with Gasteiger partial charge in [-0.2, -0.15) is 0 Å². The van der Waals surface area contributed by atoms with Crippen molar-refractivity contribution < 1.29 is 9.90 Å². The number of nitrogen functional groups attached to an aromatic ring is 1. The first-order valence-electron chi connectivity index (χ1n) is 4.72. The number of carbonyl (C=O) groups is 1. The van der Waals surface area contributed by atoms with E-state index in [-0.39, 0.29) is 34.9 Å². The van der Waals surface area contributed by atoms with Crippen LogP contribution in [-0.2, 0) is 4.79 Å². The van der Waals surface area contributed by atoms with Gasteiger partial charge in [0, 0.05) is 7.05 Å². The molecule has 0 atom stereocenters. The van der Waals surface area contributed by atoms with Crippen molar-refractivity contribution in [3.8, 4) is 0 Å². The number of nitrogens with one attached hydrogen (secondary N) is 2. The highest BCUT2D eigenvalue weighted by Crippen LogP contribution is 2.19. The minimum atomic E-state index is -1.04. The molecule has 0 radical (unpaired) electrons. The monoisotopic (exact) mass is 273 g/mol. The first kappa shape index (κ1) is 13.9. The minimum Gasteiger partial charge on any atom is -0.480 e. The van der Waals surface area contributed by atoms with Crippen LogP contribution in [0.1, 0.15) is 5.69 Å². The molecule has 1 aromatic heterocycles. The van der Waals surface area contributed by atoms with Crippen molar-refractivity contribution in [2.75, 3.05) is 24.8 Å². The molecule has 0 aliphatic heterocycles. The first-order chi connectivity index (χ1) is 8.45. The topological polar surface area (TPSA) is 152 Å². The number of carboxylic acids is 1. The standard InChI is InChI=1S/C8H12ClN7O2/c1-12-6(10)4-7(11)15-8(5(9)14-4)16-13-2-3(17)18/h13H,2H2,1H3,(H2,10,12)(H,17,18)(H3,11,15,16). The highest BCUT2D eigenvalue weighted by atomic mass is 35.5. The average molecular weight is 274 g/mol. The lowest BCUT2D eigenvalue weighted by molar-refractivity contribution is -0.135. The van der Waals surface area contributed by atoms with Crippen molar-refractivity contribution in [1.29, 1.82) is 0 Å². The van der Waals surface area contributed by atoms with Gasteiger partial charge in [0.1, 0.15) is 18.1 Å². The molecule has 0 saturated heterocycles. The molecule has 1 rings (SSSR count). The fourth-order valence-corrected chi connectivity index (χ4v) is 1.18. The molecule has 18 heavy (non-hydrogen) atoms. The molecule has 1 heterocycles. The Balaban J connectivity index is 2.90. The summed E-state index contributed by atoms with van der Waals surface area (Å²) in [5.41, 5.74) is 16.2. The van der Waals surface area contributed by atoms with Crippen molar-refractivity contribution in [3.05, 3.63) is 10.8 Å². The highest BCUT2D eigenvalue weighted by Gasteiger charge is 2.12. The second-order valence-corrected chi connectivity index (χ2v) is 3.44. The second kappa shape index (κ2) is 5.98. The number of aliphatic imine (C=N–C) groups is 1. The van der Waals surface area contributed by atoms with Gasteiger partial charge >= 0.3 is 5.97 Å². The minimum absolute atomic E-state index is 0.0105. The zero-order chi connectivity index (χ0) is 13.7. The third-order valence-electron chi connectivity index (χ3n) is 1.81. The SMILES string of the molecule is CN=C(N)c1nc(Cl)c(NNCC(=O)O)nc1N. The van der Waals surface area contributed by atoms with Crippen LogP contribution in [0.4, 0.5) is 11.6 Å². The Morgan fingerprint density at radius 2 is 2.22 bits per heavy atom. The van der Waals surface area contributed by atoms with E-state index in [1.54, 1.807) is 0 Å². The van der Waals surface area contributed by atoms with Crippen LogP contribution in [0, 0.1) is 0 Å². The van der Waals surface area contributed by atoms with Crippen molar-refractivity contribution in [1.82, 2.24) is 15.4 Å². The van der Waals surface area contributed by atoms with Crippen molar-refractivity contribution >= 4 is 35.0 Å². The molecule has 0 unspecified atom stereocenters. The van der Waals surface area contributed by atoms with Crippen molar-refractivity contribution in [3.63, 3.8) is 0 Å². The molecule has 0 spiro atoms. The molecule has 9 nitrogen and oxygen atoms in total. The Morgan fingerprint density at radius 3 is 2.78 bits per heavy atom. The van der Waals surface area contributed by atoms with Gasteiger partial charge in [-0.25, -0.2) is 15.4 Å². The van der Waals surface area contributed by atoms with E-state index in [0.717, 1.165) is 0 Å². The number of hydrogen-bond acceptors (Lipinski definition) is 7. The Kier molecular flexibility index (Phi) is 4.63. The number of amidine groups is 1. The molecule has 98 valence electrons. The zero-order valence-electron chi connectivity index (χ0n) is 9.44. The van der Waals surface area contributed by atoms with Crippen molar-refractivity contribution in [2.24, 2.45) is 10.7 Å². The van der Waals surface area contributed by atoms with E-state index in [0.29, 0.717) is 0 Å². The van der Waals surface area contributed by atoms with Crippen LogP contribution in [0.15, 0.2) is 4.99 Å². The third kappa shape index (κ3) is 3.43. The summed E-state index contributed by atoms with van der Waals surface area (Å²) in [4.78, 5) is 21.8. The zero-order valence-corrected chi connectivity index (χ0v) is 10.2. The van der Waals surface area contributed by atoms with Crippen LogP contribution >= 0.6 is 11.6 Å². The molecule has 1 aromatic rings. The summed E-state index contributed by atoms with van der Waals surface area (Å²) in [7, 11) is 1.48. The molecule has 0 aliphatic carbocycles. The molecule has 7 N–H and O–H groups in total. The molecular formula is C8H12ClN7O2. The summed E-state index contributed by atoms with van der Waals surface area (Å²) < 4.78 is 0. The largest absolute Gasteiger partial charge is 0.480 e. The molecule has 0 fully saturated rings. The van der Waals surface area contributed by atoms with Gasteiger partial charge in [-0.3, -0.25) is 9.79 Å². The molecule has 10 heteroatoms. The number of anilines is 2. The van der Waals surface area contributed by atoms with Crippen molar-refractivity contribution in [2.45, 2.75) is 0 Å². The Morgan fingerprint density at radius 1 is 1.56 bits per heavy atom. The quantitative estimate of drug-likeness (QED) is 0.261. The lowest BCUT2D eigenvalue weighted by Gasteiger charge is -2.10. The van der Waals surface area contributed by atoms with Gasteiger partial charge < -0.3 is 22.0 Å². The summed E-state index contributed by atoms with van der Waals surface area (Å²) in [6.07, 6.45) is 0. The summed E-state index contributed by atoms with van der Waals surface area (Å²) in [6, 6.07) is 0. The fraction of sp³-hybridized carbons (Fsp3) is 0.250. The number of hydrazine groups is 1. The van der Waals surface area contributed by atoms with Gasteiger partial charge in [0.25, 0.3) is 0 Å². The number of carboxylic acid groups (broad SMARTS) is 1. The molecule has 0 bridgehead atoms. The average Bonchev–Trinajstić information content (AvgIpc) is 2.31. The van der Waals surface area contributed by atoms with Crippen LogP contribution < -0.4 is 22.3 Å². The van der Waals surface area contributed by atoms with E-state index in [1.165, 1.54) is 7.05 Å². The summed E-state index contributed by atoms with van der Waals surface area (Å²) in [5, 5.41) is 8.43. The van der Waals surface area contributed by atoms with Gasteiger partial charge in [-0.1, -0.05) is 11.6 Å². The number of aromatic nitrogens is 2. The Labute approximate surface area is 107 Å². The van der Waals surface area contributed by atoms with E-state index >= 15 is 0 Å². The molecule has 0 aromatic carbocycles. The highest BCUT2D eigenvalue weighted by molar-refractivity contribution is 6.32. The van der Waals surface area contributed by atoms with Gasteiger partial charge in [-0.15, -0.1) is 0 Å². The van der Waals surface area contributed by atoms with E-state index in [1.807, 2.05) is 0 Å². The predicted molar refractivity (Wildman–Crippen MR) is 67.4 cm³/mol. The Bertz CT molecular complexity index is 491. The Hall–Kier alpha value is -2.13. The lowest BCUT2D eigenvalue weighted by atomic mass is 10.4. The molecular weight excluding hydrogens is 262 g/mol.